The normalized spacial score (nSPS) is 11.2. The molecule has 2 rings (SSSR count). The Morgan fingerprint density at radius 3 is 2.83 bits per heavy atom. The number of pyridine rings is 1. The first-order valence-corrected chi connectivity index (χ1v) is 6.87. The van der Waals surface area contributed by atoms with Gasteiger partial charge in [0, 0.05) is 19.2 Å². The quantitative estimate of drug-likeness (QED) is 0.764. The van der Waals surface area contributed by atoms with E-state index >= 15 is 0 Å². The van der Waals surface area contributed by atoms with Crippen LogP contribution in [-0.4, -0.2) is 21.1 Å². The molecule has 0 aliphatic heterocycles. The third kappa shape index (κ3) is 2.88. The molecule has 0 amide bonds. The molecule has 0 saturated heterocycles. The third-order valence-corrected chi connectivity index (χ3v) is 3.25. The highest BCUT2D eigenvalue weighted by Crippen LogP contribution is 2.15. The van der Waals surface area contributed by atoms with Crippen molar-refractivity contribution in [1.82, 2.24) is 14.5 Å². The van der Waals surface area contributed by atoms with E-state index < -0.39 is 0 Å². The molecule has 18 heavy (non-hydrogen) atoms. The minimum absolute atomic E-state index is 0.803. The summed E-state index contributed by atoms with van der Waals surface area (Å²) in [4.78, 5) is 9.09. The molecule has 2 aromatic heterocycles. The fourth-order valence-corrected chi connectivity index (χ4v) is 2.31. The lowest BCUT2D eigenvalue weighted by Gasteiger charge is -2.05. The van der Waals surface area contributed by atoms with Gasteiger partial charge in [-0.2, -0.15) is 0 Å². The fraction of sp³-hybridized carbons (Fsp3) is 0.571. The minimum Gasteiger partial charge on any atom is -0.330 e. The van der Waals surface area contributed by atoms with Gasteiger partial charge < -0.3 is 10.3 Å². The number of hydrogen-bond donors (Lipinski definition) is 1. The zero-order valence-corrected chi connectivity index (χ0v) is 11.1. The molecule has 2 N–H and O–H groups in total. The Labute approximate surface area is 108 Å². The summed E-state index contributed by atoms with van der Waals surface area (Å²) in [6, 6.07) is 3.98. The summed E-state index contributed by atoms with van der Waals surface area (Å²) in [6.45, 7) is 3.89. The average Bonchev–Trinajstić information content (AvgIpc) is 2.76. The first-order chi connectivity index (χ1) is 8.86. The highest BCUT2D eigenvalue weighted by Gasteiger charge is 2.09. The molecule has 0 bridgehead atoms. The number of unbranched alkanes of at least 4 members (excludes halogenated alkanes) is 3. The maximum absolute atomic E-state index is 5.49. The summed E-state index contributed by atoms with van der Waals surface area (Å²) in [5.74, 6) is 1.17. The van der Waals surface area contributed by atoms with E-state index in [9.17, 15) is 0 Å². The number of nitrogens with zero attached hydrogens (tertiary/aromatic N) is 3. The van der Waals surface area contributed by atoms with Crippen molar-refractivity contribution in [2.45, 2.75) is 45.6 Å². The van der Waals surface area contributed by atoms with Crippen LogP contribution in [0.15, 0.2) is 18.3 Å². The van der Waals surface area contributed by atoms with Gasteiger partial charge in [0.2, 0.25) is 0 Å². The monoisotopic (exact) mass is 246 g/mol. The van der Waals surface area contributed by atoms with E-state index in [1.807, 2.05) is 18.3 Å². The Hall–Kier alpha value is -1.42. The van der Waals surface area contributed by atoms with Crippen LogP contribution >= 0.6 is 0 Å². The topological polar surface area (TPSA) is 56.7 Å². The van der Waals surface area contributed by atoms with Crippen molar-refractivity contribution in [2.75, 3.05) is 6.54 Å². The van der Waals surface area contributed by atoms with E-state index in [0.717, 1.165) is 37.1 Å². The second-order valence-electron chi connectivity index (χ2n) is 4.57. The van der Waals surface area contributed by atoms with Gasteiger partial charge in [0.25, 0.3) is 0 Å². The second-order valence-corrected chi connectivity index (χ2v) is 4.57. The molecule has 0 aliphatic rings. The highest BCUT2D eigenvalue weighted by molar-refractivity contribution is 5.71. The van der Waals surface area contributed by atoms with Crippen molar-refractivity contribution in [3.8, 4) is 0 Å². The Kier molecular flexibility index (Phi) is 4.70. The Morgan fingerprint density at radius 1 is 1.22 bits per heavy atom. The van der Waals surface area contributed by atoms with Gasteiger partial charge in [0.1, 0.15) is 11.3 Å². The van der Waals surface area contributed by atoms with Gasteiger partial charge in [-0.15, -0.1) is 0 Å². The summed E-state index contributed by atoms with van der Waals surface area (Å²) in [7, 11) is 0. The molecule has 98 valence electrons. The van der Waals surface area contributed by atoms with Crippen molar-refractivity contribution in [3.05, 3.63) is 24.2 Å². The predicted molar refractivity (Wildman–Crippen MR) is 74.4 cm³/mol. The van der Waals surface area contributed by atoms with Crippen LogP contribution in [0.25, 0.3) is 11.2 Å². The van der Waals surface area contributed by atoms with Crippen molar-refractivity contribution in [3.63, 3.8) is 0 Å². The lowest BCUT2D eigenvalue weighted by atomic mass is 10.1. The largest absolute Gasteiger partial charge is 0.330 e. The Morgan fingerprint density at radius 2 is 2.06 bits per heavy atom. The maximum atomic E-state index is 5.49. The summed E-state index contributed by atoms with van der Waals surface area (Å²) in [6.07, 6.45) is 7.64. The standard InChI is InChI=1S/C14H22N4/c1-2-18-13(9-5-3-4-6-10-15)17-12-8-7-11-16-14(12)18/h7-8,11H,2-6,9-10,15H2,1H3. The van der Waals surface area contributed by atoms with E-state index in [-0.39, 0.29) is 0 Å². The van der Waals surface area contributed by atoms with Crippen LogP contribution in [0.3, 0.4) is 0 Å². The van der Waals surface area contributed by atoms with Crippen molar-refractivity contribution >= 4 is 11.2 Å². The molecule has 0 fully saturated rings. The molecule has 2 aromatic rings. The van der Waals surface area contributed by atoms with Gasteiger partial charge in [-0.1, -0.05) is 12.8 Å². The van der Waals surface area contributed by atoms with Gasteiger partial charge in [0.15, 0.2) is 5.65 Å². The smallest absolute Gasteiger partial charge is 0.159 e. The first-order valence-electron chi connectivity index (χ1n) is 6.87. The maximum Gasteiger partial charge on any atom is 0.159 e. The van der Waals surface area contributed by atoms with Crippen LogP contribution < -0.4 is 5.73 Å². The SMILES string of the molecule is CCn1c(CCCCCCN)nc2cccnc21. The zero-order chi connectivity index (χ0) is 12.8. The summed E-state index contributed by atoms with van der Waals surface area (Å²) < 4.78 is 2.22. The average molecular weight is 246 g/mol. The molecular formula is C14H22N4. The molecule has 0 saturated carbocycles. The second kappa shape index (κ2) is 6.50. The number of hydrogen-bond acceptors (Lipinski definition) is 3. The predicted octanol–water partition coefficient (Wildman–Crippen LogP) is 2.51. The van der Waals surface area contributed by atoms with Crippen LogP contribution in [0.5, 0.6) is 0 Å². The van der Waals surface area contributed by atoms with Crippen LogP contribution in [0.2, 0.25) is 0 Å². The number of fused-ring (bicyclic) bond motifs is 1. The van der Waals surface area contributed by atoms with E-state index in [4.69, 9.17) is 5.73 Å². The minimum atomic E-state index is 0.803. The molecule has 0 aromatic carbocycles. The number of imidazole rings is 1. The molecular weight excluding hydrogens is 224 g/mol. The van der Waals surface area contributed by atoms with Crippen molar-refractivity contribution in [2.24, 2.45) is 5.73 Å². The number of rotatable bonds is 7. The summed E-state index contributed by atoms with van der Waals surface area (Å²) in [5, 5.41) is 0. The van der Waals surface area contributed by atoms with E-state index in [1.54, 1.807) is 0 Å². The van der Waals surface area contributed by atoms with Crippen molar-refractivity contribution in [1.29, 1.82) is 0 Å². The Bertz CT molecular complexity index is 489. The molecule has 0 unspecified atom stereocenters. The molecule has 2 heterocycles. The molecule has 0 spiro atoms. The molecule has 4 heteroatoms. The van der Waals surface area contributed by atoms with Gasteiger partial charge in [-0.3, -0.25) is 0 Å². The lowest BCUT2D eigenvalue weighted by Crippen LogP contribution is -2.03. The van der Waals surface area contributed by atoms with Crippen LogP contribution in [-0.2, 0) is 13.0 Å². The van der Waals surface area contributed by atoms with Crippen molar-refractivity contribution < 1.29 is 0 Å². The van der Waals surface area contributed by atoms with Gasteiger partial charge in [-0.05, 0) is 38.4 Å². The first kappa shape index (κ1) is 13.0. The van der Waals surface area contributed by atoms with Crippen LogP contribution in [0, 0.1) is 0 Å². The van der Waals surface area contributed by atoms with Crippen LogP contribution in [0.4, 0.5) is 0 Å². The fourth-order valence-electron chi connectivity index (χ4n) is 2.31. The number of aryl methyl sites for hydroxylation is 2. The van der Waals surface area contributed by atoms with Gasteiger partial charge >= 0.3 is 0 Å². The third-order valence-electron chi connectivity index (χ3n) is 3.25. The van der Waals surface area contributed by atoms with Gasteiger partial charge in [-0.25, -0.2) is 9.97 Å². The summed E-state index contributed by atoms with van der Waals surface area (Å²) >= 11 is 0. The molecule has 0 radical (unpaired) electrons. The molecule has 0 aliphatic carbocycles. The highest BCUT2D eigenvalue weighted by atomic mass is 15.1. The zero-order valence-electron chi connectivity index (χ0n) is 11.1. The summed E-state index contributed by atoms with van der Waals surface area (Å²) in [5.41, 5.74) is 7.52. The number of aromatic nitrogens is 3. The number of nitrogens with two attached hydrogens (primary N) is 1. The molecule has 4 nitrogen and oxygen atoms in total. The molecule has 0 atom stereocenters. The van der Waals surface area contributed by atoms with E-state index in [1.165, 1.54) is 25.1 Å². The van der Waals surface area contributed by atoms with E-state index in [2.05, 4.69) is 21.5 Å². The Balaban J connectivity index is 2.03. The van der Waals surface area contributed by atoms with E-state index in [0.29, 0.717) is 0 Å². The van der Waals surface area contributed by atoms with Crippen LogP contribution in [0.1, 0.15) is 38.4 Å². The lowest BCUT2D eigenvalue weighted by molar-refractivity contribution is 0.614. The van der Waals surface area contributed by atoms with Gasteiger partial charge in [0.05, 0.1) is 0 Å².